The lowest BCUT2D eigenvalue weighted by atomic mass is 9.94. The molecular formula is C33H38Cl2N2O3. The zero-order valence-electron chi connectivity index (χ0n) is 23.2. The van der Waals surface area contributed by atoms with Crippen molar-refractivity contribution >= 4 is 35.0 Å². The zero-order valence-corrected chi connectivity index (χ0v) is 24.8. The van der Waals surface area contributed by atoms with E-state index in [1.54, 1.807) is 17.0 Å². The van der Waals surface area contributed by atoms with Crippen LogP contribution in [0.3, 0.4) is 0 Å². The molecule has 0 spiro atoms. The molecule has 0 bridgehead atoms. The first-order valence-electron chi connectivity index (χ1n) is 14.1. The van der Waals surface area contributed by atoms with Crippen molar-refractivity contribution in [2.24, 2.45) is 0 Å². The van der Waals surface area contributed by atoms with Crippen molar-refractivity contribution in [2.75, 3.05) is 6.61 Å². The summed E-state index contributed by atoms with van der Waals surface area (Å²) in [7, 11) is 0. The van der Waals surface area contributed by atoms with E-state index >= 15 is 0 Å². The van der Waals surface area contributed by atoms with Crippen molar-refractivity contribution < 1.29 is 14.3 Å². The number of carbonyl (C=O) groups is 2. The van der Waals surface area contributed by atoms with Gasteiger partial charge in [0.25, 0.3) is 5.91 Å². The molecule has 1 aliphatic rings. The van der Waals surface area contributed by atoms with E-state index in [1.807, 2.05) is 60.7 Å². The highest BCUT2D eigenvalue weighted by Crippen LogP contribution is 2.25. The topological polar surface area (TPSA) is 58.6 Å². The van der Waals surface area contributed by atoms with Crippen molar-refractivity contribution in [1.82, 2.24) is 10.2 Å². The van der Waals surface area contributed by atoms with Crippen molar-refractivity contribution in [1.29, 1.82) is 0 Å². The van der Waals surface area contributed by atoms with Crippen molar-refractivity contribution in [2.45, 2.75) is 76.9 Å². The lowest BCUT2D eigenvalue weighted by molar-refractivity contribution is -0.143. The average Bonchev–Trinajstić information content (AvgIpc) is 2.96. The third kappa shape index (κ3) is 8.49. The Morgan fingerprint density at radius 2 is 1.60 bits per heavy atom. The minimum Gasteiger partial charge on any atom is -0.484 e. The molecule has 5 nitrogen and oxygen atoms in total. The molecule has 1 atom stereocenters. The first-order valence-corrected chi connectivity index (χ1v) is 14.9. The molecule has 1 fully saturated rings. The monoisotopic (exact) mass is 580 g/mol. The van der Waals surface area contributed by atoms with Gasteiger partial charge in [-0.3, -0.25) is 9.59 Å². The largest absolute Gasteiger partial charge is 0.484 e. The van der Waals surface area contributed by atoms with Crippen LogP contribution >= 0.6 is 23.2 Å². The third-order valence-electron chi connectivity index (χ3n) is 7.47. The maximum absolute atomic E-state index is 13.9. The van der Waals surface area contributed by atoms with Gasteiger partial charge in [0.15, 0.2) is 6.61 Å². The molecule has 0 aromatic heterocycles. The Bertz CT molecular complexity index is 1260. The van der Waals surface area contributed by atoms with Gasteiger partial charge < -0.3 is 15.0 Å². The molecule has 0 unspecified atom stereocenters. The maximum atomic E-state index is 13.9. The van der Waals surface area contributed by atoms with Crippen molar-refractivity contribution in [3.8, 4) is 5.75 Å². The number of hydrogen-bond acceptors (Lipinski definition) is 3. The highest BCUT2D eigenvalue weighted by Gasteiger charge is 2.32. The number of halogens is 2. The molecule has 3 aromatic carbocycles. The SMILES string of the molecule is CC(C)c1ccc(OCC(=O)N(Cc2ccc(Cl)c(Cl)c2)[C@H](Cc2ccccc2)C(=O)NC2CCCCC2)cc1. The van der Waals surface area contributed by atoms with Crippen LogP contribution in [0.4, 0.5) is 0 Å². The molecule has 1 aliphatic carbocycles. The standard InChI is InChI=1S/C33H38Cl2N2O3/c1-23(2)26-14-16-28(17-15-26)40-22-32(38)37(21-25-13-18-29(34)30(35)19-25)31(20-24-9-5-3-6-10-24)33(39)36-27-11-7-4-8-12-27/h3,5-6,9-10,13-19,23,27,31H,4,7-8,11-12,20-22H2,1-2H3,(H,36,39)/t31-/m1/s1. The number of hydrogen-bond donors (Lipinski definition) is 1. The quantitative estimate of drug-likeness (QED) is 0.254. The summed E-state index contributed by atoms with van der Waals surface area (Å²) in [6, 6.07) is 22.3. The van der Waals surface area contributed by atoms with Gasteiger partial charge >= 0.3 is 0 Å². The molecular weight excluding hydrogens is 543 g/mol. The van der Waals surface area contributed by atoms with E-state index in [4.69, 9.17) is 27.9 Å². The van der Waals surface area contributed by atoms with Crippen LogP contribution in [0.1, 0.15) is 68.6 Å². The lowest BCUT2D eigenvalue weighted by Crippen LogP contribution is -2.53. The van der Waals surface area contributed by atoms with Gasteiger partial charge in [0.2, 0.25) is 5.91 Å². The van der Waals surface area contributed by atoms with Gasteiger partial charge in [-0.05, 0) is 59.7 Å². The normalized spacial score (nSPS) is 14.5. The van der Waals surface area contributed by atoms with E-state index in [-0.39, 0.29) is 31.0 Å². The van der Waals surface area contributed by atoms with E-state index in [2.05, 4.69) is 19.2 Å². The first-order chi connectivity index (χ1) is 19.3. The number of amides is 2. The Kier molecular flexibility index (Phi) is 10.9. The number of nitrogens with one attached hydrogen (secondary N) is 1. The van der Waals surface area contributed by atoms with E-state index in [1.165, 1.54) is 12.0 Å². The number of benzene rings is 3. The fourth-order valence-electron chi connectivity index (χ4n) is 5.11. The Hall–Kier alpha value is -3.02. The lowest BCUT2D eigenvalue weighted by Gasteiger charge is -2.33. The first kappa shape index (κ1) is 30.0. The molecule has 1 saturated carbocycles. The predicted molar refractivity (Wildman–Crippen MR) is 162 cm³/mol. The van der Waals surface area contributed by atoms with Gasteiger partial charge in [0.05, 0.1) is 10.0 Å². The average molecular weight is 582 g/mol. The van der Waals surface area contributed by atoms with Gasteiger partial charge in [-0.25, -0.2) is 0 Å². The van der Waals surface area contributed by atoms with Crippen LogP contribution in [0.15, 0.2) is 72.8 Å². The molecule has 1 N–H and O–H groups in total. The Morgan fingerprint density at radius 1 is 0.900 bits per heavy atom. The summed E-state index contributed by atoms with van der Waals surface area (Å²) in [6.07, 6.45) is 5.69. The van der Waals surface area contributed by atoms with Crippen molar-refractivity contribution in [3.63, 3.8) is 0 Å². The minimum atomic E-state index is -0.724. The molecule has 0 radical (unpaired) electrons. The fraction of sp³-hybridized carbons (Fsp3) is 0.394. The molecule has 40 heavy (non-hydrogen) atoms. The van der Waals surface area contributed by atoms with Crippen molar-refractivity contribution in [3.05, 3.63) is 99.5 Å². The summed E-state index contributed by atoms with van der Waals surface area (Å²) in [5.41, 5.74) is 2.96. The third-order valence-corrected chi connectivity index (χ3v) is 8.21. The Balaban J connectivity index is 1.60. The molecule has 7 heteroatoms. The number of carbonyl (C=O) groups excluding carboxylic acids is 2. The second kappa shape index (κ2) is 14.6. The molecule has 3 aromatic rings. The molecule has 2 amide bonds. The predicted octanol–water partition coefficient (Wildman–Crippen LogP) is 7.58. The van der Waals surface area contributed by atoms with Crippen LogP contribution < -0.4 is 10.1 Å². The summed E-state index contributed by atoms with van der Waals surface area (Å²) in [5, 5.41) is 4.09. The van der Waals surface area contributed by atoms with E-state index in [0.29, 0.717) is 28.1 Å². The van der Waals surface area contributed by atoms with Crippen LogP contribution in [0.2, 0.25) is 10.0 Å². The second-order valence-corrected chi connectivity index (χ2v) is 11.6. The van der Waals surface area contributed by atoms with Crippen LogP contribution in [0.5, 0.6) is 5.75 Å². The number of ether oxygens (including phenoxy) is 1. The summed E-state index contributed by atoms with van der Waals surface area (Å²) >= 11 is 12.5. The summed E-state index contributed by atoms with van der Waals surface area (Å²) in [4.78, 5) is 29.3. The van der Waals surface area contributed by atoms with E-state index in [9.17, 15) is 9.59 Å². The molecule has 212 valence electrons. The van der Waals surface area contributed by atoms with Gasteiger partial charge in [-0.2, -0.15) is 0 Å². The Morgan fingerprint density at radius 3 is 2.25 bits per heavy atom. The number of nitrogens with zero attached hydrogens (tertiary/aromatic N) is 1. The highest BCUT2D eigenvalue weighted by atomic mass is 35.5. The molecule has 0 heterocycles. The van der Waals surface area contributed by atoms with Crippen LogP contribution in [-0.2, 0) is 22.6 Å². The minimum absolute atomic E-state index is 0.122. The molecule has 4 rings (SSSR count). The van der Waals surface area contributed by atoms with Gasteiger partial charge in [0.1, 0.15) is 11.8 Å². The maximum Gasteiger partial charge on any atom is 0.261 e. The van der Waals surface area contributed by atoms with Gasteiger partial charge in [0, 0.05) is 19.0 Å². The molecule has 0 saturated heterocycles. The van der Waals surface area contributed by atoms with E-state index in [0.717, 1.165) is 36.8 Å². The highest BCUT2D eigenvalue weighted by molar-refractivity contribution is 6.42. The Labute approximate surface area is 247 Å². The summed E-state index contributed by atoms with van der Waals surface area (Å²) in [5.74, 6) is 0.585. The van der Waals surface area contributed by atoms with E-state index < -0.39 is 6.04 Å². The fourth-order valence-corrected chi connectivity index (χ4v) is 5.43. The van der Waals surface area contributed by atoms with Crippen LogP contribution in [0, 0.1) is 0 Å². The molecule has 0 aliphatic heterocycles. The summed E-state index contributed by atoms with van der Waals surface area (Å²) < 4.78 is 5.92. The smallest absolute Gasteiger partial charge is 0.261 e. The zero-order chi connectivity index (χ0) is 28.5. The number of rotatable bonds is 11. The second-order valence-electron chi connectivity index (χ2n) is 10.8. The van der Waals surface area contributed by atoms with Gasteiger partial charge in [-0.1, -0.05) is 105 Å². The van der Waals surface area contributed by atoms with Crippen LogP contribution in [0.25, 0.3) is 0 Å². The van der Waals surface area contributed by atoms with Crippen LogP contribution in [-0.4, -0.2) is 35.4 Å². The van der Waals surface area contributed by atoms with Gasteiger partial charge in [-0.15, -0.1) is 0 Å². The summed E-state index contributed by atoms with van der Waals surface area (Å²) in [6.45, 7) is 4.27.